The molecule has 1 aliphatic heterocycles. The van der Waals surface area contributed by atoms with E-state index in [4.69, 9.17) is 5.73 Å². The average Bonchev–Trinajstić information content (AvgIpc) is 2.99. The molecule has 4 rings (SSSR count). The van der Waals surface area contributed by atoms with Gasteiger partial charge in [0.2, 0.25) is 15.9 Å². The van der Waals surface area contributed by atoms with Crippen molar-refractivity contribution in [1.82, 2.24) is 9.29 Å². The summed E-state index contributed by atoms with van der Waals surface area (Å²) in [4.78, 5) is 14.8. The maximum absolute atomic E-state index is 13.1. The Balaban J connectivity index is 1.75. The van der Waals surface area contributed by atoms with E-state index in [2.05, 4.69) is 4.98 Å². The van der Waals surface area contributed by atoms with Gasteiger partial charge in [-0.25, -0.2) is 12.8 Å². The van der Waals surface area contributed by atoms with Gasteiger partial charge in [-0.05, 0) is 48.0 Å². The number of hydrogen-bond acceptors (Lipinski definition) is 3. The number of primary amides is 1. The highest BCUT2D eigenvalue weighted by Gasteiger charge is 2.30. The molecular weight excluding hydrogens is 357 g/mol. The molecule has 3 aromatic rings. The van der Waals surface area contributed by atoms with E-state index in [1.807, 2.05) is 0 Å². The Bertz CT molecular complexity index is 1120. The van der Waals surface area contributed by atoms with Crippen LogP contribution in [0.25, 0.3) is 10.9 Å². The van der Waals surface area contributed by atoms with Crippen molar-refractivity contribution in [3.8, 4) is 0 Å². The van der Waals surface area contributed by atoms with Crippen LogP contribution in [0, 0.1) is 5.82 Å². The Morgan fingerprint density at radius 2 is 1.88 bits per heavy atom. The van der Waals surface area contributed by atoms with Gasteiger partial charge in [-0.15, -0.1) is 0 Å². The van der Waals surface area contributed by atoms with Crippen molar-refractivity contribution in [3.05, 3.63) is 65.1 Å². The number of benzene rings is 2. The topological polar surface area (TPSA) is 96.3 Å². The van der Waals surface area contributed by atoms with Gasteiger partial charge in [-0.2, -0.15) is 4.31 Å². The van der Waals surface area contributed by atoms with E-state index in [0.717, 1.165) is 34.3 Å². The first-order chi connectivity index (χ1) is 12.4. The predicted octanol–water partition coefficient (Wildman–Crippen LogP) is 2.15. The molecule has 0 aliphatic carbocycles. The number of H-pyrrole nitrogens is 1. The third-order valence-electron chi connectivity index (χ3n) is 4.68. The van der Waals surface area contributed by atoms with Gasteiger partial charge in [0.25, 0.3) is 0 Å². The molecule has 0 saturated heterocycles. The second kappa shape index (κ2) is 5.93. The molecule has 2 aromatic carbocycles. The number of carbonyl (C=O) groups excluding carboxylic acids is 1. The Hall–Kier alpha value is -2.71. The highest BCUT2D eigenvalue weighted by atomic mass is 32.2. The van der Waals surface area contributed by atoms with Gasteiger partial charge in [0.15, 0.2) is 0 Å². The van der Waals surface area contributed by atoms with Gasteiger partial charge >= 0.3 is 0 Å². The molecule has 3 N–H and O–H groups in total. The van der Waals surface area contributed by atoms with Gasteiger partial charge in [0.05, 0.1) is 4.90 Å². The summed E-state index contributed by atoms with van der Waals surface area (Å²) in [5.74, 6) is -1.02. The Kier molecular flexibility index (Phi) is 3.82. The van der Waals surface area contributed by atoms with E-state index in [1.54, 1.807) is 18.2 Å². The predicted molar refractivity (Wildman–Crippen MR) is 94.5 cm³/mol. The molecule has 0 unspecified atom stereocenters. The molecule has 26 heavy (non-hydrogen) atoms. The quantitative estimate of drug-likeness (QED) is 0.736. The fourth-order valence-corrected chi connectivity index (χ4v) is 4.71. The number of rotatable bonds is 3. The first kappa shape index (κ1) is 16.7. The van der Waals surface area contributed by atoms with Crippen molar-refractivity contribution >= 4 is 26.8 Å². The fraction of sp³-hybridized carbons (Fsp3) is 0.167. The number of carbonyl (C=O) groups is 1. The number of halogens is 1. The number of aromatic amines is 1. The number of nitrogens with one attached hydrogen (secondary N) is 1. The second-order valence-corrected chi connectivity index (χ2v) is 8.19. The van der Waals surface area contributed by atoms with Crippen molar-refractivity contribution in [3.63, 3.8) is 0 Å². The summed E-state index contributed by atoms with van der Waals surface area (Å²) in [5, 5.41) is 0.787. The fourth-order valence-electron chi connectivity index (χ4n) is 3.30. The molecule has 1 amide bonds. The van der Waals surface area contributed by atoms with Crippen molar-refractivity contribution in [1.29, 1.82) is 0 Å². The Labute approximate surface area is 149 Å². The van der Waals surface area contributed by atoms with Crippen molar-refractivity contribution in [2.24, 2.45) is 5.73 Å². The van der Waals surface area contributed by atoms with E-state index in [-0.39, 0.29) is 11.4 Å². The van der Waals surface area contributed by atoms with Crippen LogP contribution in [-0.2, 0) is 23.0 Å². The highest BCUT2D eigenvalue weighted by Crippen LogP contribution is 2.31. The van der Waals surface area contributed by atoms with E-state index in [1.165, 1.54) is 16.4 Å². The van der Waals surface area contributed by atoms with Crippen LogP contribution in [0.1, 0.15) is 21.6 Å². The summed E-state index contributed by atoms with van der Waals surface area (Å²) in [7, 11) is -3.73. The van der Waals surface area contributed by atoms with Crippen LogP contribution in [-0.4, -0.2) is 30.2 Å². The summed E-state index contributed by atoms with van der Waals surface area (Å²) in [6, 6.07) is 9.88. The molecule has 0 fully saturated rings. The first-order valence-corrected chi connectivity index (χ1v) is 9.49. The largest absolute Gasteiger partial charge is 0.366 e. The molecule has 0 saturated carbocycles. The highest BCUT2D eigenvalue weighted by molar-refractivity contribution is 7.89. The summed E-state index contributed by atoms with van der Waals surface area (Å²) in [6.07, 6.45) is 0.524. The number of nitrogens with zero attached hydrogens (tertiary/aromatic N) is 1. The molecular formula is C18H16FN3O3S. The van der Waals surface area contributed by atoms with E-state index >= 15 is 0 Å². The van der Waals surface area contributed by atoms with E-state index in [9.17, 15) is 17.6 Å². The molecule has 0 atom stereocenters. The minimum atomic E-state index is -3.73. The van der Waals surface area contributed by atoms with Gasteiger partial charge in [0, 0.05) is 41.7 Å². The number of amides is 1. The zero-order chi connectivity index (χ0) is 18.5. The normalized spacial score (nSPS) is 15.1. The van der Waals surface area contributed by atoms with Crippen molar-refractivity contribution in [2.75, 3.05) is 6.54 Å². The average molecular weight is 373 g/mol. The lowest BCUT2D eigenvalue weighted by Gasteiger charge is -2.26. The zero-order valence-electron chi connectivity index (χ0n) is 13.7. The maximum Gasteiger partial charge on any atom is 0.248 e. The van der Waals surface area contributed by atoms with Crippen LogP contribution in [0.4, 0.5) is 4.39 Å². The number of nitrogens with two attached hydrogens (primary N) is 1. The maximum atomic E-state index is 13.1. The number of aromatic nitrogens is 1. The molecule has 6 nitrogen and oxygen atoms in total. The van der Waals surface area contributed by atoms with Crippen LogP contribution in [0.2, 0.25) is 0 Å². The zero-order valence-corrected chi connectivity index (χ0v) is 14.5. The molecule has 0 bridgehead atoms. The Morgan fingerprint density at radius 3 is 2.58 bits per heavy atom. The molecule has 0 radical (unpaired) electrons. The minimum absolute atomic E-state index is 0.0556. The smallest absolute Gasteiger partial charge is 0.248 e. The summed E-state index contributed by atoms with van der Waals surface area (Å²) in [5.41, 5.74) is 8.34. The Morgan fingerprint density at radius 1 is 1.15 bits per heavy atom. The van der Waals surface area contributed by atoms with Crippen LogP contribution in [0.5, 0.6) is 0 Å². The van der Waals surface area contributed by atoms with Gasteiger partial charge in [-0.1, -0.05) is 0 Å². The minimum Gasteiger partial charge on any atom is -0.366 e. The summed E-state index contributed by atoms with van der Waals surface area (Å²) < 4.78 is 40.2. The number of fused-ring (bicyclic) bond motifs is 3. The molecule has 134 valence electrons. The van der Waals surface area contributed by atoms with E-state index in [0.29, 0.717) is 18.5 Å². The number of sulfonamides is 1. The standard InChI is InChI=1S/C18H16FN3O3S/c19-12-2-4-13(5-3-12)26(24,25)22-8-7-17-15(10-22)14-9-11(18(20)23)1-6-16(14)21-17/h1-6,9,21H,7-8,10H2,(H2,20,23). The van der Waals surface area contributed by atoms with Gasteiger partial charge in [0.1, 0.15) is 5.82 Å². The second-order valence-electron chi connectivity index (χ2n) is 6.25. The summed E-state index contributed by atoms with van der Waals surface area (Å²) >= 11 is 0. The third kappa shape index (κ3) is 2.67. The lowest BCUT2D eigenvalue weighted by molar-refractivity contribution is 0.100. The molecule has 8 heteroatoms. The lowest BCUT2D eigenvalue weighted by atomic mass is 10.0. The monoisotopic (exact) mass is 373 g/mol. The first-order valence-electron chi connectivity index (χ1n) is 8.05. The number of hydrogen-bond donors (Lipinski definition) is 2. The van der Waals surface area contributed by atoms with E-state index < -0.39 is 21.7 Å². The van der Waals surface area contributed by atoms with Crippen LogP contribution in [0.15, 0.2) is 47.4 Å². The third-order valence-corrected chi connectivity index (χ3v) is 6.54. The van der Waals surface area contributed by atoms with Crippen LogP contribution < -0.4 is 5.73 Å². The molecule has 1 aromatic heterocycles. The molecule has 0 spiro atoms. The molecule has 2 heterocycles. The van der Waals surface area contributed by atoms with Crippen molar-refractivity contribution in [2.45, 2.75) is 17.9 Å². The lowest BCUT2D eigenvalue weighted by Crippen LogP contribution is -2.35. The summed E-state index contributed by atoms with van der Waals surface area (Å²) in [6.45, 7) is 0.499. The van der Waals surface area contributed by atoms with Crippen LogP contribution in [0.3, 0.4) is 0 Å². The van der Waals surface area contributed by atoms with Crippen LogP contribution >= 0.6 is 0 Å². The van der Waals surface area contributed by atoms with Gasteiger partial charge in [-0.3, -0.25) is 4.79 Å². The van der Waals surface area contributed by atoms with Gasteiger partial charge < -0.3 is 10.7 Å². The SMILES string of the molecule is NC(=O)c1ccc2[nH]c3c(c2c1)CN(S(=O)(=O)c1ccc(F)cc1)CC3. The van der Waals surface area contributed by atoms with Crippen molar-refractivity contribution < 1.29 is 17.6 Å². The molecule has 1 aliphatic rings.